The highest BCUT2D eigenvalue weighted by molar-refractivity contribution is 6.33. The zero-order chi connectivity index (χ0) is 11.3. The molecule has 0 aliphatic carbocycles. The Morgan fingerprint density at radius 3 is 2.53 bits per heavy atom. The Balaban J connectivity index is 2.57. The minimum Gasteiger partial charge on any atom is -0.512 e. The lowest BCUT2D eigenvalue weighted by atomic mass is 10.2. The van der Waals surface area contributed by atoms with E-state index in [4.69, 9.17) is 19.4 Å². The van der Waals surface area contributed by atoms with Gasteiger partial charge in [-0.15, -0.1) is 0 Å². The zero-order valence-electron chi connectivity index (χ0n) is 8.88. The molecule has 0 radical (unpaired) electrons. The molecular formula is C10H15BO4. The van der Waals surface area contributed by atoms with Gasteiger partial charge in [0.1, 0.15) is 11.5 Å². The summed E-state index contributed by atoms with van der Waals surface area (Å²) >= 11 is 0. The molecule has 0 unspecified atom stereocenters. The summed E-state index contributed by atoms with van der Waals surface area (Å²) in [6.07, 6.45) is 0. The van der Waals surface area contributed by atoms with Crippen LogP contribution in [0.5, 0.6) is 11.5 Å². The number of ether oxygens (including phenoxy) is 1. The van der Waals surface area contributed by atoms with Gasteiger partial charge in [0.05, 0.1) is 6.61 Å². The average Bonchev–Trinajstić information content (AvgIpc) is 2.14. The van der Waals surface area contributed by atoms with Crippen molar-refractivity contribution in [1.82, 2.24) is 0 Å². The molecule has 5 heteroatoms. The second-order valence-corrected chi connectivity index (χ2v) is 3.62. The maximum atomic E-state index is 8.61. The highest BCUT2D eigenvalue weighted by atomic mass is 16.6. The molecule has 4 nitrogen and oxygen atoms in total. The molecule has 0 spiro atoms. The van der Waals surface area contributed by atoms with E-state index in [2.05, 4.69) is 13.8 Å². The van der Waals surface area contributed by atoms with Gasteiger partial charge in [-0.2, -0.15) is 0 Å². The van der Waals surface area contributed by atoms with Crippen LogP contribution in [0.2, 0.25) is 0 Å². The van der Waals surface area contributed by atoms with E-state index in [0.29, 0.717) is 24.0 Å². The van der Waals surface area contributed by atoms with Crippen molar-refractivity contribution in [2.24, 2.45) is 5.92 Å². The van der Waals surface area contributed by atoms with Gasteiger partial charge in [-0.3, -0.25) is 0 Å². The van der Waals surface area contributed by atoms with Crippen molar-refractivity contribution in [2.75, 3.05) is 6.61 Å². The molecule has 0 fully saturated rings. The molecule has 0 aliphatic heterocycles. The Morgan fingerprint density at radius 2 is 1.93 bits per heavy atom. The van der Waals surface area contributed by atoms with Crippen molar-refractivity contribution < 1.29 is 19.4 Å². The topological polar surface area (TPSA) is 58.9 Å². The SMILES string of the molecule is CC(C)COc1cccc(OB(O)O)c1. The molecule has 82 valence electrons. The lowest BCUT2D eigenvalue weighted by Gasteiger charge is -2.10. The van der Waals surface area contributed by atoms with Gasteiger partial charge in [0.2, 0.25) is 0 Å². The fourth-order valence-electron chi connectivity index (χ4n) is 1.02. The molecule has 0 bridgehead atoms. The van der Waals surface area contributed by atoms with Gasteiger partial charge < -0.3 is 19.4 Å². The molecule has 0 amide bonds. The summed E-state index contributed by atoms with van der Waals surface area (Å²) in [5, 5.41) is 17.2. The molecule has 2 N–H and O–H groups in total. The fourth-order valence-corrected chi connectivity index (χ4v) is 1.02. The standard InChI is InChI=1S/C10H15BO4/c1-8(2)7-14-9-4-3-5-10(6-9)15-11(12)13/h3-6,8,12-13H,7H2,1-2H3. The Kier molecular flexibility index (Phi) is 4.46. The van der Waals surface area contributed by atoms with Crippen LogP contribution in [0.25, 0.3) is 0 Å². The normalized spacial score (nSPS) is 10.2. The number of hydrogen-bond donors (Lipinski definition) is 2. The first-order valence-electron chi connectivity index (χ1n) is 4.83. The molecule has 15 heavy (non-hydrogen) atoms. The van der Waals surface area contributed by atoms with Gasteiger partial charge in [0.15, 0.2) is 0 Å². The fraction of sp³-hybridized carbons (Fsp3) is 0.400. The molecule has 1 rings (SSSR count). The van der Waals surface area contributed by atoms with Crippen LogP contribution >= 0.6 is 0 Å². The summed E-state index contributed by atoms with van der Waals surface area (Å²) < 4.78 is 10.1. The van der Waals surface area contributed by atoms with Crippen molar-refractivity contribution in [3.63, 3.8) is 0 Å². The maximum absolute atomic E-state index is 8.61. The lowest BCUT2D eigenvalue weighted by molar-refractivity contribution is 0.267. The van der Waals surface area contributed by atoms with Crippen LogP contribution in [0.1, 0.15) is 13.8 Å². The molecule has 0 aliphatic rings. The lowest BCUT2D eigenvalue weighted by Crippen LogP contribution is -2.20. The predicted octanol–water partition coefficient (Wildman–Crippen LogP) is 1.07. The van der Waals surface area contributed by atoms with Crippen molar-refractivity contribution >= 4 is 7.32 Å². The summed E-state index contributed by atoms with van der Waals surface area (Å²) in [4.78, 5) is 0. The van der Waals surface area contributed by atoms with Crippen LogP contribution in [-0.4, -0.2) is 24.0 Å². The molecule has 0 atom stereocenters. The summed E-state index contributed by atoms with van der Waals surface area (Å²) in [5.41, 5.74) is 0. The van der Waals surface area contributed by atoms with Crippen molar-refractivity contribution in [3.05, 3.63) is 24.3 Å². The van der Waals surface area contributed by atoms with Crippen LogP contribution < -0.4 is 9.39 Å². The Morgan fingerprint density at radius 1 is 1.27 bits per heavy atom. The third-order valence-electron chi connectivity index (χ3n) is 1.63. The number of rotatable bonds is 5. The van der Waals surface area contributed by atoms with E-state index in [1.807, 2.05) is 0 Å². The first kappa shape index (κ1) is 11.9. The van der Waals surface area contributed by atoms with E-state index in [0.717, 1.165) is 0 Å². The largest absolute Gasteiger partial charge is 0.707 e. The molecule has 1 aromatic carbocycles. The first-order chi connectivity index (χ1) is 7.08. The third kappa shape index (κ3) is 4.72. The highest BCUT2D eigenvalue weighted by Gasteiger charge is 2.11. The Hall–Kier alpha value is -1.20. The Labute approximate surface area is 89.6 Å². The molecule has 1 aromatic rings. The monoisotopic (exact) mass is 210 g/mol. The second kappa shape index (κ2) is 5.63. The van der Waals surface area contributed by atoms with E-state index in [1.54, 1.807) is 24.3 Å². The quantitative estimate of drug-likeness (QED) is 0.713. The predicted molar refractivity (Wildman–Crippen MR) is 57.6 cm³/mol. The van der Waals surface area contributed by atoms with Crippen molar-refractivity contribution in [1.29, 1.82) is 0 Å². The van der Waals surface area contributed by atoms with E-state index < -0.39 is 7.32 Å². The Bertz CT molecular complexity index is 301. The van der Waals surface area contributed by atoms with Crippen molar-refractivity contribution in [2.45, 2.75) is 13.8 Å². The highest BCUT2D eigenvalue weighted by Crippen LogP contribution is 2.19. The molecular weight excluding hydrogens is 195 g/mol. The molecule has 0 heterocycles. The van der Waals surface area contributed by atoms with E-state index in [9.17, 15) is 0 Å². The van der Waals surface area contributed by atoms with Gasteiger partial charge in [0.25, 0.3) is 0 Å². The number of hydrogen-bond acceptors (Lipinski definition) is 4. The van der Waals surface area contributed by atoms with Crippen molar-refractivity contribution in [3.8, 4) is 11.5 Å². The molecule has 0 aromatic heterocycles. The molecule has 0 saturated heterocycles. The zero-order valence-corrected chi connectivity index (χ0v) is 8.88. The van der Waals surface area contributed by atoms with Crippen LogP contribution in [0, 0.1) is 5.92 Å². The van der Waals surface area contributed by atoms with Gasteiger partial charge in [-0.25, -0.2) is 0 Å². The van der Waals surface area contributed by atoms with Gasteiger partial charge >= 0.3 is 7.32 Å². The van der Waals surface area contributed by atoms with E-state index in [1.165, 1.54) is 0 Å². The van der Waals surface area contributed by atoms with Gasteiger partial charge in [-0.1, -0.05) is 19.9 Å². The van der Waals surface area contributed by atoms with E-state index >= 15 is 0 Å². The van der Waals surface area contributed by atoms with Gasteiger partial charge in [-0.05, 0) is 18.1 Å². The van der Waals surface area contributed by atoms with Crippen LogP contribution in [0.15, 0.2) is 24.3 Å². The number of benzene rings is 1. The van der Waals surface area contributed by atoms with Crippen LogP contribution in [0.3, 0.4) is 0 Å². The smallest absolute Gasteiger partial charge is 0.512 e. The maximum Gasteiger partial charge on any atom is 0.707 e. The minimum atomic E-state index is -1.80. The minimum absolute atomic E-state index is 0.367. The van der Waals surface area contributed by atoms with E-state index in [-0.39, 0.29) is 0 Å². The van der Waals surface area contributed by atoms with Crippen LogP contribution in [-0.2, 0) is 0 Å². The molecule has 0 saturated carbocycles. The summed E-state index contributed by atoms with van der Waals surface area (Å²) in [7, 11) is -1.80. The average molecular weight is 210 g/mol. The third-order valence-corrected chi connectivity index (χ3v) is 1.63. The van der Waals surface area contributed by atoms with Gasteiger partial charge in [0, 0.05) is 6.07 Å². The second-order valence-electron chi connectivity index (χ2n) is 3.62. The van der Waals surface area contributed by atoms with Crippen LogP contribution in [0.4, 0.5) is 0 Å². The summed E-state index contributed by atoms with van der Waals surface area (Å²) in [6, 6.07) is 6.76. The first-order valence-corrected chi connectivity index (χ1v) is 4.83. The summed E-state index contributed by atoms with van der Waals surface area (Å²) in [5.74, 6) is 1.46. The summed E-state index contributed by atoms with van der Waals surface area (Å²) in [6.45, 7) is 4.72.